The van der Waals surface area contributed by atoms with Crippen molar-refractivity contribution in [1.29, 1.82) is 0 Å². The molecule has 1 aromatic carbocycles. The Morgan fingerprint density at radius 1 is 1.11 bits per heavy atom. The summed E-state index contributed by atoms with van der Waals surface area (Å²) in [6.45, 7) is 12.4. The number of rotatable bonds is 10. The summed E-state index contributed by atoms with van der Waals surface area (Å²) in [5, 5.41) is 6.74. The molecule has 1 saturated carbocycles. The summed E-state index contributed by atoms with van der Waals surface area (Å²) in [5.41, 5.74) is 1.14. The van der Waals surface area contributed by atoms with Gasteiger partial charge in [0, 0.05) is 17.4 Å². The van der Waals surface area contributed by atoms with E-state index in [1.807, 2.05) is 52.0 Å². The van der Waals surface area contributed by atoms with Gasteiger partial charge in [0.1, 0.15) is 17.8 Å². The van der Waals surface area contributed by atoms with Gasteiger partial charge in [0.25, 0.3) is 5.91 Å². The Bertz CT molecular complexity index is 1200. The standard InChI is InChI=1S/C29H39ClN4O4/c1-15(2)11-21(32-26(36)20-12-17-9-7-8-10-19(17)31-20)28(38)34-14-18-23(29(18,5)6)25(34)27(37)33-24(16(3)4)22(35)13-30/h7-10,12,15-16,18,21,23-25,31H,11,13-14H2,1-6H3,(H,32,36)(H,33,37)/t18-,21-,23-,24-,25?/m0/s1. The zero-order chi connectivity index (χ0) is 27.9. The monoisotopic (exact) mass is 542 g/mol. The molecule has 0 spiro atoms. The first-order valence-corrected chi connectivity index (χ1v) is 14.0. The number of H-pyrrole nitrogens is 1. The van der Waals surface area contributed by atoms with Crippen LogP contribution in [0.15, 0.2) is 30.3 Å². The van der Waals surface area contributed by atoms with Crippen LogP contribution in [0.2, 0.25) is 0 Å². The lowest BCUT2D eigenvalue weighted by molar-refractivity contribution is -0.143. The Labute approximate surface area is 229 Å². The first-order chi connectivity index (χ1) is 17.9. The predicted octanol–water partition coefficient (Wildman–Crippen LogP) is 3.74. The third-order valence-corrected chi connectivity index (χ3v) is 8.55. The molecule has 1 aliphatic heterocycles. The minimum Gasteiger partial charge on any atom is -0.351 e. The lowest BCUT2D eigenvalue weighted by Crippen LogP contribution is -2.58. The first kappa shape index (κ1) is 28.1. The van der Waals surface area contributed by atoms with Gasteiger partial charge < -0.3 is 20.5 Å². The Kier molecular flexibility index (Phi) is 7.94. The highest BCUT2D eigenvalue weighted by Gasteiger charge is 2.69. The quantitative estimate of drug-likeness (QED) is 0.397. The number of aromatic nitrogens is 1. The highest BCUT2D eigenvalue weighted by atomic mass is 35.5. The number of ketones is 1. The van der Waals surface area contributed by atoms with E-state index in [2.05, 4.69) is 29.5 Å². The van der Waals surface area contributed by atoms with Crippen LogP contribution < -0.4 is 10.6 Å². The maximum Gasteiger partial charge on any atom is 0.268 e. The van der Waals surface area contributed by atoms with Crippen LogP contribution in [-0.4, -0.2) is 63.9 Å². The van der Waals surface area contributed by atoms with Gasteiger partial charge in [-0.2, -0.15) is 0 Å². The Hall–Kier alpha value is -2.87. The van der Waals surface area contributed by atoms with Crippen molar-refractivity contribution in [1.82, 2.24) is 20.5 Å². The fourth-order valence-electron chi connectivity index (χ4n) is 6.08. The number of benzene rings is 1. The summed E-state index contributed by atoms with van der Waals surface area (Å²) in [7, 11) is 0. The van der Waals surface area contributed by atoms with E-state index in [9.17, 15) is 19.2 Å². The largest absolute Gasteiger partial charge is 0.351 e. The first-order valence-electron chi connectivity index (χ1n) is 13.4. The van der Waals surface area contributed by atoms with Crippen LogP contribution in [0.25, 0.3) is 10.9 Å². The molecule has 1 aromatic heterocycles. The van der Waals surface area contributed by atoms with Crippen LogP contribution in [-0.2, 0) is 14.4 Å². The molecule has 9 heteroatoms. The number of carbonyl (C=O) groups excluding carboxylic acids is 4. The lowest BCUT2D eigenvalue weighted by Gasteiger charge is -2.34. The molecule has 4 rings (SSSR count). The average Bonchev–Trinajstić information content (AvgIpc) is 3.24. The molecule has 2 heterocycles. The van der Waals surface area contributed by atoms with Gasteiger partial charge in [0.05, 0.1) is 11.9 Å². The number of nitrogens with one attached hydrogen (secondary N) is 3. The fourth-order valence-corrected chi connectivity index (χ4v) is 6.24. The van der Waals surface area contributed by atoms with E-state index in [4.69, 9.17) is 11.6 Å². The van der Waals surface area contributed by atoms with Gasteiger partial charge in [-0.25, -0.2) is 0 Å². The number of hydrogen-bond donors (Lipinski definition) is 3. The van der Waals surface area contributed by atoms with Crippen LogP contribution in [0.4, 0.5) is 0 Å². The number of halogens is 1. The van der Waals surface area contributed by atoms with Crippen molar-refractivity contribution in [3.05, 3.63) is 36.0 Å². The normalized spacial score (nSPS) is 23.3. The molecule has 2 fully saturated rings. The summed E-state index contributed by atoms with van der Waals surface area (Å²) in [4.78, 5) is 57.9. The van der Waals surface area contributed by atoms with Gasteiger partial charge >= 0.3 is 0 Å². The number of aromatic amines is 1. The Morgan fingerprint density at radius 2 is 1.79 bits per heavy atom. The van der Waals surface area contributed by atoms with Crippen LogP contribution in [0, 0.1) is 29.1 Å². The second-order valence-corrected chi connectivity index (χ2v) is 12.4. The molecule has 5 atom stereocenters. The van der Waals surface area contributed by atoms with E-state index in [1.54, 1.807) is 11.0 Å². The molecule has 38 heavy (non-hydrogen) atoms. The number of amides is 3. The maximum atomic E-state index is 14.0. The number of likely N-dealkylation sites (tertiary alicyclic amines) is 1. The summed E-state index contributed by atoms with van der Waals surface area (Å²) >= 11 is 5.80. The summed E-state index contributed by atoms with van der Waals surface area (Å²) in [5.74, 6) is -1.22. The third-order valence-electron chi connectivity index (χ3n) is 8.29. The van der Waals surface area contributed by atoms with Crippen molar-refractivity contribution in [2.75, 3.05) is 12.4 Å². The van der Waals surface area contributed by atoms with Crippen LogP contribution >= 0.6 is 11.6 Å². The number of piperidine rings is 1. The van der Waals surface area contributed by atoms with E-state index in [0.717, 1.165) is 10.9 Å². The number of fused-ring (bicyclic) bond motifs is 2. The molecule has 8 nitrogen and oxygen atoms in total. The zero-order valence-corrected chi connectivity index (χ0v) is 23.8. The predicted molar refractivity (Wildman–Crippen MR) is 148 cm³/mol. The molecular weight excluding hydrogens is 504 g/mol. The van der Waals surface area contributed by atoms with Gasteiger partial charge in [-0.05, 0) is 47.6 Å². The number of hydrogen-bond acceptors (Lipinski definition) is 4. The maximum absolute atomic E-state index is 14.0. The van der Waals surface area contributed by atoms with Crippen molar-refractivity contribution in [3.8, 4) is 0 Å². The van der Waals surface area contributed by atoms with Gasteiger partial charge in [-0.3, -0.25) is 19.2 Å². The van der Waals surface area contributed by atoms with E-state index in [-0.39, 0.29) is 58.5 Å². The summed E-state index contributed by atoms with van der Waals surface area (Å²) in [6.07, 6.45) is 0.438. The minimum absolute atomic E-state index is 0.00512. The van der Waals surface area contributed by atoms with Crippen molar-refractivity contribution in [2.24, 2.45) is 29.1 Å². The third kappa shape index (κ3) is 5.33. The molecule has 206 valence electrons. The van der Waals surface area contributed by atoms with Crippen LogP contribution in [0.3, 0.4) is 0 Å². The Morgan fingerprint density at radius 3 is 2.39 bits per heavy atom. The van der Waals surface area contributed by atoms with E-state index < -0.39 is 18.1 Å². The van der Waals surface area contributed by atoms with Gasteiger partial charge in [0.2, 0.25) is 11.8 Å². The number of Topliss-reactive ketones (excluding diaryl/α,β-unsaturated/α-hetero) is 1. The van der Waals surface area contributed by atoms with Gasteiger partial charge in [-0.1, -0.05) is 59.7 Å². The van der Waals surface area contributed by atoms with Crippen molar-refractivity contribution >= 4 is 46.0 Å². The minimum atomic E-state index is -0.782. The number of carbonyl (C=O) groups is 4. The van der Waals surface area contributed by atoms with E-state index in [1.165, 1.54) is 0 Å². The molecular formula is C29H39ClN4O4. The second-order valence-electron chi connectivity index (χ2n) is 12.1. The van der Waals surface area contributed by atoms with Crippen LogP contribution in [0.1, 0.15) is 58.5 Å². The molecule has 1 saturated heterocycles. The van der Waals surface area contributed by atoms with E-state index in [0.29, 0.717) is 18.7 Å². The highest BCUT2D eigenvalue weighted by molar-refractivity contribution is 6.28. The zero-order valence-electron chi connectivity index (χ0n) is 23.0. The van der Waals surface area contributed by atoms with Crippen molar-refractivity contribution in [2.45, 2.75) is 66.1 Å². The summed E-state index contributed by atoms with van der Waals surface area (Å²) < 4.78 is 0. The smallest absolute Gasteiger partial charge is 0.268 e. The second kappa shape index (κ2) is 10.7. The number of nitrogens with zero attached hydrogens (tertiary/aromatic N) is 1. The molecule has 0 bridgehead atoms. The van der Waals surface area contributed by atoms with Gasteiger partial charge in [0.15, 0.2) is 5.78 Å². The molecule has 3 amide bonds. The molecule has 2 aromatic rings. The molecule has 1 aliphatic carbocycles. The fraction of sp³-hybridized carbons (Fsp3) is 0.586. The lowest BCUT2D eigenvalue weighted by atomic mass is 9.96. The molecule has 3 N–H and O–H groups in total. The average molecular weight is 543 g/mol. The molecule has 0 radical (unpaired) electrons. The number of alkyl halides is 1. The highest BCUT2D eigenvalue weighted by Crippen LogP contribution is 2.65. The molecule has 2 aliphatic rings. The Balaban J connectivity index is 1.56. The van der Waals surface area contributed by atoms with Gasteiger partial charge in [-0.15, -0.1) is 11.6 Å². The molecule has 1 unspecified atom stereocenters. The topological polar surface area (TPSA) is 111 Å². The van der Waals surface area contributed by atoms with Crippen molar-refractivity contribution in [3.63, 3.8) is 0 Å². The van der Waals surface area contributed by atoms with Crippen molar-refractivity contribution < 1.29 is 19.2 Å². The SMILES string of the molecule is CC(C)C[C@H](NC(=O)c1cc2ccccc2[nH]1)C(=O)N1C[C@H]2[C@@H](C1C(=O)N[C@H](C(=O)CCl)C(C)C)C2(C)C. The summed E-state index contributed by atoms with van der Waals surface area (Å²) in [6, 6.07) is 7.17. The van der Waals surface area contributed by atoms with E-state index >= 15 is 0 Å². The van der Waals surface area contributed by atoms with Crippen LogP contribution in [0.5, 0.6) is 0 Å². The number of para-hydroxylation sites is 1.